The van der Waals surface area contributed by atoms with Crippen molar-refractivity contribution in [3.8, 4) is 11.8 Å². The quantitative estimate of drug-likeness (QED) is 0.792. The van der Waals surface area contributed by atoms with Crippen LogP contribution in [0.25, 0.3) is 5.57 Å². The summed E-state index contributed by atoms with van der Waals surface area (Å²) in [4.78, 5) is 12.5. The van der Waals surface area contributed by atoms with E-state index in [1.54, 1.807) is 12.1 Å². The van der Waals surface area contributed by atoms with E-state index >= 15 is 0 Å². The molecule has 4 heteroatoms. The Balaban J connectivity index is 1.73. The van der Waals surface area contributed by atoms with E-state index in [9.17, 15) is 19.6 Å². The average Bonchev–Trinajstić information content (AvgIpc) is 3.29. The van der Waals surface area contributed by atoms with E-state index in [2.05, 4.69) is 0 Å². The third kappa shape index (κ3) is 1.33. The van der Waals surface area contributed by atoms with Crippen LogP contribution < -0.4 is 0 Å². The molecule has 4 atom stereocenters. The van der Waals surface area contributed by atoms with E-state index in [1.807, 2.05) is 13.0 Å². The number of nitrogens with zero attached hydrogens (tertiary/aromatic N) is 1. The number of rotatable bonds is 0. The van der Waals surface area contributed by atoms with E-state index in [0.717, 1.165) is 36.8 Å². The molecule has 0 bridgehead atoms. The molecule has 0 heterocycles. The van der Waals surface area contributed by atoms with E-state index < -0.39 is 11.6 Å². The Hall–Kier alpha value is -2.15. The Kier molecular flexibility index (Phi) is 2.42. The molecule has 0 saturated heterocycles. The van der Waals surface area contributed by atoms with E-state index in [1.165, 1.54) is 11.1 Å². The second-order valence-electron chi connectivity index (χ2n) is 7.98. The fourth-order valence-corrected chi connectivity index (χ4v) is 5.94. The van der Waals surface area contributed by atoms with Crippen LogP contribution in [0.4, 0.5) is 4.39 Å². The molecular weight excluding hydrogens is 305 g/mol. The number of carbonyl (C=O) groups is 1. The fourth-order valence-electron chi connectivity index (χ4n) is 5.94. The number of benzene rings is 1. The predicted octanol–water partition coefficient (Wildman–Crippen LogP) is 3.69. The van der Waals surface area contributed by atoms with Crippen molar-refractivity contribution in [1.29, 1.82) is 5.26 Å². The van der Waals surface area contributed by atoms with Crippen LogP contribution in [0.1, 0.15) is 49.3 Å². The van der Waals surface area contributed by atoms with Gasteiger partial charge in [0, 0.05) is 16.7 Å². The molecule has 1 N–H and O–H groups in total. The number of phenols is 1. The third-order valence-electron chi connectivity index (χ3n) is 7.24. The Labute approximate surface area is 139 Å². The summed E-state index contributed by atoms with van der Waals surface area (Å²) in [6, 6.07) is 5.52. The second-order valence-corrected chi connectivity index (χ2v) is 7.98. The summed E-state index contributed by atoms with van der Waals surface area (Å²) in [6.45, 7) is 1.96. The van der Waals surface area contributed by atoms with Crippen LogP contribution in [0, 0.1) is 28.1 Å². The number of nitriles is 1. The lowest BCUT2D eigenvalue weighted by atomic mass is 9.59. The average molecular weight is 323 g/mol. The zero-order valence-corrected chi connectivity index (χ0v) is 13.5. The number of hydrogen-bond acceptors (Lipinski definition) is 3. The first-order chi connectivity index (χ1) is 11.4. The van der Waals surface area contributed by atoms with Crippen LogP contribution in [0.5, 0.6) is 5.75 Å². The minimum atomic E-state index is -1.31. The number of phenolic OH excluding ortho intramolecular Hbond substituents is 1. The van der Waals surface area contributed by atoms with Gasteiger partial charge < -0.3 is 5.11 Å². The van der Waals surface area contributed by atoms with Gasteiger partial charge in [-0.15, -0.1) is 0 Å². The number of fused-ring (bicyclic) bond motifs is 2. The number of carbonyl (C=O) groups excluding carboxylic acids is 1. The lowest BCUT2D eigenvalue weighted by molar-refractivity contribution is -0.132. The summed E-state index contributed by atoms with van der Waals surface area (Å²) in [5, 5.41) is 19.2. The molecular formula is C20H18FNO2. The van der Waals surface area contributed by atoms with Crippen molar-refractivity contribution in [1.82, 2.24) is 0 Å². The van der Waals surface area contributed by atoms with Crippen molar-refractivity contribution in [2.45, 2.75) is 45.2 Å². The molecule has 24 heavy (non-hydrogen) atoms. The van der Waals surface area contributed by atoms with Gasteiger partial charge in [0.15, 0.2) is 12.0 Å². The number of alkyl halides is 1. The number of halogens is 1. The molecule has 2 saturated carbocycles. The minimum absolute atomic E-state index is 0.0308. The van der Waals surface area contributed by atoms with Gasteiger partial charge in [-0.05, 0) is 60.9 Å². The smallest absolute Gasteiger partial charge is 0.173 e. The standard InChI is InChI=1S/C20H18FNO2/c1-19-5-4-12-13-6-11(9-22)16(23)7-10(13)2-3-14(12)20(19)8-15(20)17(21)18(19)24/h6-7,15,17,23H,2-5,8H2,1H3/t15?,17-,19+,20?/m0/s1. The van der Waals surface area contributed by atoms with Gasteiger partial charge >= 0.3 is 0 Å². The SMILES string of the molecule is C[C@]12CCC3=C(CCc4cc(O)c(C#N)cc43)C13CC3[C@H](F)C2=O. The molecule has 2 unspecified atom stereocenters. The molecule has 0 amide bonds. The van der Waals surface area contributed by atoms with Crippen molar-refractivity contribution in [3.05, 3.63) is 34.4 Å². The number of Topliss-reactive ketones (excluding diaryl/α,β-unsaturated/α-hetero) is 1. The highest BCUT2D eigenvalue weighted by atomic mass is 19.1. The monoisotopic (exact) mass is 323 g/mol. The summed E-state index contributed by atoms with van der Waals surface area (Å²) >= 11 is 0. The van der Waals surface area contributed by atoms with Crippen molar-refractivity contribution in [2.75, 3.05) is 0 Å². The van der Waals surface area contributed by atoms with Gasteiger partial charge in [0.25, 0.3) is 0 Å². The normalized spacial score (nSPS) is 38.8. The van der Waals surface area contributed by atoms with Gasteiger partial charge in [-0.1, -0.05) is 12.5 Å². The highest BCUT2D eigenvalue weighted by Gasteiger charge is 2.79. The number of allylic oxidation sites excluding steroid dienone is 2. The molecule has 5 rings (SSSR count). The first-order valence-corrected chi connectivity index (χ1v) is 8.61. The number of aromatic hydroxyl groups is 1. The molecule has 4 aliphatic carbocycles. The third-order valence-corrected chi connectivity index (χ3v) is 7.24. The highest BCUT2D eigenvalue weighted by Crippen LogP contribution is 2.79. The summed E-state index contributed by atoms with van der Waals surface area (Å²) in [5.41, 5.74) is 4.01. The summed E-state index contributed by atoms with van der Waals surface area (Å²) in [6.07, 6.45) is 2.53. The lowest BCUT2D eigenvalue weighted by Crippen LogP contribution is -2.40. The molecule has 1 aromatic rings. The van der Waals surface area contributed by atoms with Gasteiger partial charge in [0.2, 0.25) is 0 Å². The van der Waals surface area contributed by atoms with Crippen molar-refractivity contribution >= 4 is 11.4 Å². The molecule has 1 spiro atoms. The van der Waals surface area contributed by atoms with Crippen LogP contribution in [0.2, 0.25) is 0 Å². The zero-order chi connectivity index (χ0) is 16.9. The molecule has 0 radical (unpaired) electrons. The van der Waals surface area contributed by atoms with Gasteiger partial charge in [0.05, 0.1) is 5.56 Å². The number of ketones is 1. The Morgan fingerprint density at radius 2 is 2.12 bits per heavy atom. The number of aryl methyl sites for hydroxylation is 1. The van der Waals surface area contributed by atoms with Gasteiger partial charge in [0.1, 0.15) is 11.8 Å². The largest absolute Gasteiger partial charge is 0.507 e. The van der Waals surface area contributed by atoms with Crippen molar-refractivity contribution in [3.63, 3.8) is 0 Å². The van der Waals surface area contributed by atoms with Crippen LogP contribution in [0.3, 0.4) is 0 Å². The van der Waals surface area contributed by atoms with E-state index in [0.29, 0.717) is 6.42 Å². The van der Waals surface area contributed by atoms with E-state index in [4.69, 9.17) is 0 Å². The summed E-state index contributed by atoms with van der Waals surface area (Å²) in [7, 11) is 0. The molecule has 2 fully saturated rings. The second kappa shape index (κ2) is 4.08. The predicted molar refractivity (Wildman–Crippen MR) is 85.8 cm³/mol. The molecule has 0 aromatic heterocycles. The maximum atomic E-state index is 14.5. The lowest BCUT2D eigenvalue weighted by Gasteiger charge is -2.43. The topological polar surface area (TPSA) is 61.1 Å². The van der Waals surface area contributed by atoms with Crippen LogP contribution in [-0.4, -0.2) is 17.1 Å². The maximum absolute atomic E-state index is 14.5. The van der Waals surface area contributed by atoms with Gasteiger partial charge in [-0.2, -0.15) is 5.26 Å². The van der Waals surface area contributed by atoms with Gasteiger partial charge in [-0.3, -0.25) is 4.79 Å². The van der Waals surface area contributed by atoms with E-state index in [-0.39, 0.29) is 28.4 Å². The van der Waals surface area contributed by atoms with Crippen LogP contribution in [0.15, 0.2) is 17.7 Å². The maximum Gasteiger partial charge on any atom is 0.173 e. The van der Waals surface area contributed by atoms with Crippen LogP contribution in [-0.2, 0) is 11.2 Å². The minimum Gasteiger partial charge on any atom is -0.507 e. The Bertz CT molecular complexity index is 896. The van der Waals surface area contributed by atoms with Crippen molar-refractivity contribution < 1.29 is 14.3 Å². The Morgan fingerprint density at radius 1 is 1.33 bits per heavy atom. The summed E-state index contributed by atoms with van der Waals surface area (Å²) < 4.78 is 14.5. The number of hydrogen-bond donors (Lipinski definition) is 1. The van der Waals surface area contributed by atoms with Crippen LogP contribution >= 0.6 is 0 Å². The van der Waals surface area contributed by atoms with Gasteiger partial charge in [-0.25, -0.2) is 4.39 Å². The first kappa shape index (κ1) is 14.2. The molecule has 0 aliphatic heterocycles. The zero-order valence-electron chi connectivity index (χ0n) is 13.5. The molecule has 1 aromatic carbocycles. The molecule has 3 nitrogen and oxygen atoms in total. The molecule has 4 aliphatic rings. The Morgan fingerprint density at radius 3 is 2.88 bits per heavy atom. The highest BCUT2D eigenvalue weighted by molar-refractivity contribution is 5.97. The van der Waals surface area contributed by atoms with Crippen molar-refractivity contribution in [2.24, 2.45) is 16.7 Å². The molecule has 122 valence electrons. The fraction of sp³-hybridized carbons (Fsp3) is 0.500. The summed E-state index contributed by atoms with van der Waals surface area (Å²) in [5.74, 6) is -0.308. The first-order valence-electron chi connectivity index (χ1n) is 8.61.